The summed E-state index contributed by atoms with van der Waals surface area (Å²) in [6, 6.07) is 9.74. The van der Waals surface area contributed by atoms with Crippen molar-refractivity contribution in [3.8, 4) is 6.07 Å². The maximum absolute atomic E-state index is 14.0. The second kappa shape index (κ2) is 6.17. The zero-order valence-corrected chi connectivity index (χ0v) is 12.3. The maximum Gasteiger partial charge on any atom is 0.194 e. The predicted octanol–water partition coefficient (Wildman–Crippen LogP) is 4.59. The average molecular weight is 308 g/mol. The number of ketones is 1. The minimum atomic E-state index is -1.17. The molecule has 0 aliphatic heterocycles. The normalized spacial score (nSPS) is 11.9. The van der Waals surface area contributed by atoms with E-state index in [0.717, 1.165) is 11.3 Å². The summed E-state index contributed by atoms with van der Waals surface area (Å²) in [6.07, 6.45) is 0.820. The van der Waals surface area contributed by atoms with Crippen molar-refractivity contribution in [2.75, 3.05) is 0 Å². The molecule has 0 fully saturated rings. The Hall–Kier alpha value is -1.70. The molecule has 1 heterocycles. The number of rotatable bonds is 4. The minimum Gasteiger partial charge on any atom is -0.291 e. The third-order valence-electron chi connectivity index (χ3n) is 2.94. The SMILES string of the molecule is CCc1ccc(C(=O)C(C#N)c2cccc(Cl)c2F)s1. The molecule has 0 aliphatic rings. The molecule has 0 aliphatic carbocycles. The maximum atomic E-state index is 14.0. The zero-order valence-electron chi connectivity index (χ0n) is 10.7. The number of halogens is 2. The number of benzene rings is 1. The molecule has 2 nitrogen and oxygen atoms in total. The van der Waals surface area contributed by atoms with Crippen molar-refractivity contribution in [2.24, 2.45) is 0 Å². The molecule has 1 unspecified atom stereocenters. The van der Waals surface area contributed by atoms with Crippen molar-refractivity contribution in [2.45, 2.75) is 19.3 Å². The van der Waals surface area contributed by atoms with E-state index in [0.29, 0.717) is 4.88 Å². The molecule has 0 radical (unpaired) electrons. The molecule has 1 aromatic heterocycles. The number of carbonyl (C=O) groups is 1. The van der Waals surface area contributed by atoms with Crippen LogP contribution in [-0.4, -0.2) is 5.78 Å². The van der Waals surface area contributed by atoms with E-state index in [1.165, 1.54) is 29.5 Å². The summed E-state index contributed by atoms with van der Waals surface area (Å²) in [7, 11) is 0. The van der Waals surface area contributed by atoms with Crippen LogP contribution in [0, 0.1) is 17.1 Å². The number of thiophene rings is 1. The molecule has 5 heteroatoms. The van der Waals surface area contributed by atoms with E-state index in [1.54, 1.807) is 6.07 Å². The first-order valence-corrected chi connectivity index (χ1v) is 7.24. The lowest BCUT2D eigenvalue weighted by Gasteiger charge is -2.09. The lowest BCUT2D eigenvalue weighted by molar-refractivity contribution is 0.0981. The van der Waals surface area contributed by atoms with Gasteiger partial charge in [-0.1, -0.05) is 30.7 Å². The Bertz CT molecular complexity index is 689. The molecule has 0 saturated heterocycles. The number of carbonyl (C=O) groups excluding carboxylic acids is 1. The van der Waals surface area contributed by atoms with Gasteiger partial charge in [-0.2, -0.15) is 5.26 Å². The van der Waals surface area contributed by atoms with Gasteiger partial charge in [-0.3, -0.25) is 4.79 Å². The summed E-state index contributed by atoms with van der Waals surface area (Å²) in [5.41, 5.74) is 0.0245. The van der Waals surface area contributed by atoms with Crippen LogP contribution in [0.4, 0.5) is 4.39 Å². The van der Waals surface area contributed by atoms with Gasteiger partial charge in [0.1, 0.15) is 11.7 Å². The molecule has 0 amide bonds. The lowest BCUT2D eigenvalue weighted by Crippen LogP contribution is -2.11. The standard InChI is InChI=1S/C15H11ClFNOS/c1-2-9-6-7-13(20-9)15(19)11(8-18)10-4-3-5-12(16)14(10)17/h3-7,11H,2H2,1H3. The molecule has 0 N–H and O–H groups in total. The molecule has 0 spiro atoms. The van der Waals surface area contributed by atoms with E-state index in [9.17, 15) is 14.4 Å². The van der Waals surface area contributed by atoms with Crippen molar-refractivity contribution < 1.29 is 9.18 Å². The van der Waals surface area contributed by atoms with E-state index in [4.69, 9.17) is 11.6 Å². The first-order valence-electron chi connectivity index (χ1n) is 6.05. The van der Waals surface area contributed by atoms with E-state index in [1.807, 2.05) is 19.1 Å². The third-order valence-corrected chi connectivity index (χ3v) is 4.47. The first kappa shape index (κ1) is 14.7. The van der Waals surface area contributed by atoms with Gasteiger partial charge in [0, 0.05) is 10.4 Å². The van der Waals surface area contributed by atoms with Gasteiger partial charge in [0.2, 0.25) is 0 Å². The van der Waals surface area contributed by atoms with Crippen molar-refractivity contribution in [1.82, 2.24) is 0 Å². The number of hydrogen-bond donors (Lipinski definition) is 0. The van der Waals surface area contributed by atoms with Gasteiger partial charge in [-0.25, -0.2) is 4.39 Å². The Labute approximate surface area is 125 Å². The molecular formula is C15H11ClFNOS. The second-order valence-electron chi connectivity index (χ2n) is 4.19. The summed E-state index contributed by atoms with van der Waals surface area (Å²) in [6.45, 7) is 1.98. The monoisotopic (exact) mass is 307 g/mol. The van der Waals surface area contributed by atoms with Gasteiger partial charge >= 0.3 is 0 Å². The highest BCUT2D eigenvalue weighted by molar-refractivity contribution is 7.14. The largest absolute Gasteiger partial charge is 0.291 e. The van der Waals surface area contributed by atoms with Gasteiger partial charge in [-0.15, -0.1) is 11.3 Å². The minimum absolute atomic E-state index is 0.0245. The summed E-state index contributed by atoms with van der Waals surface area (Å²) >= 11 is 7.03. The molecule has 0 saturated carbocycles. The number of nitrogens with zero attached hydrogens (tertiary/aromatic N) is 1. The topological polar surface area (TPSA) is 40.9 Å². The highest BCUT2D eigenvalue weighted by atomic mass is 35.5. The van der Waals surface area contributed by atoms with Crippen LogP contribution >= 0.6 is 22.9 Å². The van der Waals surface area contributed by atoms with Crippen LogP contribution in [0.1, 0.15) is 33.0 Å². The van der Waals surface area contributed by atoms with E-state index >= 15 is 0 Å². The van der Waals surface area contributed by atoms with Crippen LogP contribution in [0.5, 0.6) is 0 Å². The van der Waals surface area contributed by atoms with Crippen LogP contribution < -0.4 is 0 Å². The molecule has 2 aromatic rings. The van der Waals surface area contributed by atoms with Crippen molar-refractivity contribution in [3.63, 3.8) is 0 Å². The first-order chi connectivity index (χ1) is 9.58. The Morgan fingerprint density at radius 2 is 2.20 bits per heavy atom. The highest BCUT2D eigenvalue weighted by Gasteiger charge is 2.26. The number of nitriles is 1. The molecule has 1 atom stereocenters. The van der Waals surface area contributed by atoms with Crippen molar-refractivity contribution >= 4 is 28.7 Å². The number of hydrogen-bond acceptors (Lipinski definition) is 3. The zero-order chi connectivity index (χ0) is 14.7. The highest BCUT2D eigenvalue weighted by Crippen LogP contribution is 2.29. The predicted molar refractivity (Wildman–Crippen MR) is 77.8 cm³/mol. The van der Waals surface area contributed by atoms with Crippen molar-refractivity contribution in [3.05, 3.63) is 56.5 Å². The lowest BCUT2D eigenvalue weighted by atomic mass is 9.95. The smallest absolute Gasteiger partial charge is 0.194 e. The average Bonchev–Trinajstić information content (AvgIpc) is 2.93. The summed E-state index contributed by atoms with van der Waals surface area (Å²) in [4.78, 5) is 13.9. The third kappa shape index (κ3) is 2.74. The van der Waals surface area contributed by atoms with Gasteiger partial charge in [0.05, 0.1) is 16.0 Å². The molecule has 1 aromatic carbocycles. The fourth-order valence-electron chi connectivity index (χ4n) is 1.86. The van der Waals surface area contributed by atoms with Crippen LogP contribution in [-0.2, 0) is 6.42 Å². The molecule has 102 valence electrons. The Morgan fingerprint density at radius 1 is 1.45 bits per heavy atom. The van der Waals surface area contributed by atoms with Crippen LogP contribution in [0.15, 0.2) is 30.3 Å². The molecule has 0 bridgehead atoms. The number of Topliss-reactive ketones (excluding diaryl/α,β-unsaturated/α-hetero) is 1. The molecule has 2 rings (SSSR count). The Balaban J connectivity index is 2.40. The quantitative estimate of drug-likeness (QED) is 0.775. The summed E-state index contributed by atoms with van der Waals surface area (Å²) in [5.74, 6) is -2.27. The van der Waals surface area contributed by atoms with Gasteiger partial charge in [-0.05, 0) is 24.6 Å². The van der Waals surface area contributed by atoms with Gasteiger partial charge in [0.25, 0.3) is 0 Å². The molecule has 20 heavy (non-hydrogen) atoms. The van der Waals surface area contributed by atoms with E-state index < -0.39 is 17.5 Å². The van der Waals surface area contributed by atoms with Crippen LogP contribution in [0.3, 0.4) is 0 Å². The second-order valence-corrected chi connectivity index (χ2v) is 5.76. The number of aryl methyl sites for hydroxylation is 1. The van der Waals surface area contributed by atoms with E-state index in [-0.39, 0.29) is 10.6 Å². The van der Waals surface area contributed by atoms with Crippen LogP contribution in [0.2, 0.25) is 5.02 Å². The summed E-state index contributed by atoms with van der Waals surface area (Å²) in [5, 5.41) is 9.13. The van der Waals surface area contributed by atoms with Gasteiger partial charge < -0.3 is 0 Å². The fourth-order valence-corrected chi connectivity index (χ4v) is 2.95. The Kier molecular flexibility index (Phi) is 4.53. The van der Waals surface area contributed by atoms with Crippen LogP contribution in [0.25, 0.3) is 0 Å². The van der Waals surface area contributed by atoms with E-state index in [2.05, 4.69) is 0 Å². The summed E-state index contributed by atoms with van der Waals surface area (Å²) < 4.78 is 14.0. The Morgan fingerprint density at radius 3 is 2.80 bits per heavy atom. The van der Waals surface area contributed by atoms with Gasteiger partial charge in [0.15, 0.2) is 5.78 Å². The fraction of sp³-hybridized carbons (Fsp3) is 0.200. The van der Waals surface area contributed by atoms with Crippen molar-refractivity contribution in [1.29, 1.82) is 5.26 Å². The molecular weight excluding hydrogens is 297 g/mol.